The van der Waals surface area contributed by atoms with Crippen molar-refractivity contribution in [3.05, 3.63) is 64.7 Å². The molecule has 2 rings (SSSR count). The predicted octanol–water partition coefficient (Wildman–Crippen LogP) is 2.01. The van der Waals surface area contributed by atoms with Crippen LogP contribution in [0.25, 0.3) is 6.08 Å². The summed E-state index contributed by atoms with van der Waals surface area (Å²) in [5.74, 6) is -0.300. The molecular formula is C15H16N4O3. The lowest BCUT2D eigenvalue weighted by Gasteiger charge is -2.12. The van der Waals surface area contributed by atoms with E-state index in [4.69, 9.17) is 0 Å². The molecule has 0 fully saturated rings. The van der Waals surface area contributed by atoms with Crippen LogP contribution in [-0.2, 0) is 11.3 Å². The number of benzene rings is 1. The first kappa shape index (κ1) is 15.4. The Morgan fingerprint density at radius 3 is 2.95 bits per heavy atom. The Balaban J connectivity index is 1.95. The molecule has 0 saturated heterocycles. The second-order valence-electron chi connectivity index (χ2n) is 4.82. The Kier molecular flexibility index (Phi) is 5.02. The highest BCUT2D eigenvalue weighted by atomic mass is 16.6. The molecule has 22 heavy (non-hydrogen) atoms. The van der Waals surface area contributed by atoms with Gasteiger partial charge < -0.3 is 9.88 Å². The van der Waals surface area contributed by atoms with Crippen molar-refractivity contribution in [2.75, 3.05) is 0 Å². The SMILES string of the molecule is CC(Cn1ccnc1)NC(=O)/C=C/c1ccccc1[N+](=O)[O-]. The van der Waals surface area contributed by atoms with Crippen molar-refractivity contribution in [3.8, 4) is 0 Å². The molecule has 0 bridgehead atoms. The lowest BCUT2D eigenvalue weighted by Crippen LogP contribution is -2.34. The second-order valence-corrected chi connectivity index (χ2v) is 4.82. The Hall–Kier alpha value is -2.96. The highest BCUT2D eigenvalue weighted by Crippen LogP contribution is 2.18. The van der Waals surface area contributed by atoms with Gasteiger partial charge in [-0.15, -0.1) is 0 Å². The number of nitro benzene ring substituents is 1. The summed E-state index contributed by atoms with van der Waals surface area (Å²) in [5.41, 5.74) is 0.364. The van der Waals surface area contributed by atoms with Gasteiger partial charge in [0.1, 0.15) is 0 Å². The molecule has 7 nitrogen and oxygen atoms in total. The van der Waals surface area contributed by atoms with Crippen molar-refractivity contribution in [3.63, 3.8) is 0 Å². The normalized spacial score (nSPS) is 12.2. The van der Waals surface area contributed by atoms with Crippen molar-refractivity contribution in [2.24, 2.45) is 0 Å². The zero-order valence-corrected chi connectivity index (χ0v) is 12.0. The second kappa shape index (κ2) is 7.16. The number of hydrogen-bond donors (Lipinski definition) is 1. The number of para-hydroxylation sites is 1. The zero-order chi connectivity index (χ0) is 15.9. The molecule has 1 N–H and O–H groups in total. The Labute approximate surface area is 127 Å². The van der Waals surface area contributed by atoms with E-state index in [2.05, 4.69) is 10.3 Å². The van der Waals surface area contributed by atoms with E-state index in [1.807, 2.05) is 17.7 Å². The van der Waals surface area contributed by atoms with Gasteiger partial charge in [-0.2, -0.15) is 0 Å². The number of nitrogens with zero attached hydrogens (tertiary/aromatic N) is 3. The molecule has 0 aliphatic carbocycles. The van der Waals surface area contributed by atoms with Crippen LogP contribution in [0.2, 0.25) is 0 Å². The van der Waals surface area contributed by atoms with Crippen molar-refractivity contribution < 1.29 is 9.72 Å². The van der Waals surface area contributed by atoms with E-state index < -0.39 is 4.92 Å². The third-order valence-corrected chi connectivity index (χ3v) is 2.98. The first-order valence-electron chi connectivity index (χ1n) is 6.74. The minimum atomic E-state index is -0.473. The van der Waals surface area contributed by atoms with Gasteiger partial charge in [0.2, 0.25) is 5.91 Å². The molecule has 1 heterocycles. The highest BCUT2D eigenvalue weighted by Gasteiger charge is 2.10. The zero-order valence-electron chi connectivity index (χ0n) is 12.0. The van der Waals surface area contributed by atoms with Gasteiger partial charge in [0, 0.05) is 37.1 Å². The van der Waals surface area contributed by atoms with Gasteiger partial charge in [-0.3, -0.25) is 14.9 Å². The minimum Gasteiger partial charge on any atom is -0.348 e. The number of imidazole rings is 1. The molecule has 1 atom stereocenters. The monoisotopic (exact) mass is 300 g/mol. The molecule has 0 spiro atoms. The first-order valence-corrected chi connectivity index (χ1v) is 6.74. The average Bonchev–Trinajstić information content (AvgIpc) is 2.98. The van der Waals surface area contributed by atoms with Gasteiger partial charge in [-0.05, 0) is 19.1 Å². The summed E-state index contributed by atoms with van der Waals surface area (Å²) in [6, 6.07) is 6.18. The topological polar surface area (TPSA) is 90.1 Å². The van der Waals surface area contributed by atoms with E-state index >= 15 is 0 Å². The molecule has 1 unspecified atom stereocenters. The van der Waals surface area contributed by atoms with Crippen molar-refractivity contribution in [1.29, 1.82) is 0 Å². The summed E-state index contributed by atoms with van der Waals surface area (Å²) in [6.45, 7) is 2.47. The molecule has 0 aliphatic rings. The maximum Gasteiger partial charge on any atom is 0.276 e. The average molecular weight is 300 g/mol. The van der Waals surface area contributed by atoms with Crippen LogP contribution < -0.4 is 5.32 Å². The summed E-state index contributed by atoms with van der Waals surface area (Å²) in [5, 5.41) is 13.7. The number of carbonyl (C=O) groups is 1. The number of amides is 1. The van der Waals surface area contributed by atoms with Crippen LogP contribution in [0, 0.1) is 10.1 Å². The van der Waals surface area contributed by atoms with Crippen LogP contribution >= 0.6 is 0 Å². The smallest absolute Gasteiger partial charge is 0.276 e. The Bertz CT molecular complexity index is 680. The predicted molar refractivity (Wildman–Crippen MR) is 82.0 cm³/mol. The molecule has 1 aromatic carbocycles. The first-order chi connectivity index (χ1) is 10.6. The summed E-state index contributed by atoms with van der Waals surface area (Å²) >= 11 is 0. The van der Waals surface area contributed by atoms with E-state index in [1.54, 1.807) is 30.7 Å². The minimum absolute atomic E-state index is 0.0296. The van der Waals surface area contributed by atoms with Crippen LogP contribution in [-0.4, -0.2) is 26.4 Å². The van der Waals surface area contributed by atoms with Crippen LogP contribution in [0.5, 0.6) is 0 Å². The Morgan fingerprint density at radius 2 is 2.27 bits per heavy atom. The standard InChI is InChI=1S/C15H16N4O3/c1-12(10-18-9-8-16-11-18)17-15(20)7-6-13-4-2-3-5-14(13)19(21)22/h2-9,11-12H,10H2,1H3,(H,17,20)/b7-6+. The van der Waals surface area contributed by atoms with Crippen LogP contribution in [0.1, 0.15) is 12.5 Å². The molecule has 7 heteroatoms. The summed E-state index contributed by atoms with van der Waals surface area (Å²) in [4.78, 5) is 26.2. The van der Waals surface area contributed by atoms with Crippen molar-refractivity contribution in [2.45, 2.75) is 19.5 Å². The third kappa shape index (κ3) is 4.27. The van der Waals surface area contributed by atoms with E-state index in [0.29, 0.717) is 12.1 Å². The molecule has 1 amide bonds. The molecular weight excluding hydrogens is 284 g/mol. The number of nitro groups is 1. The molecule has 0 radical (unpaired) electrons. The lowest BCUT2D eigenvalue weighted by molar-refractivity contribution is -0.385. The van der Waals surface area contributed by atoms with E-state index in [0.717, 1.165) is 0 Å². The largest absolute Gasteiger partial charge is 0.348 e. The van der Waals surface area contributed by atoms with Crippen LogP contribution in [0.4, 0.5) is 5.69 Å². The maximum atomic E-state index is 11.8. The van der Waals surface area contributed by atoms with Crippen molar-refractivity contribution >= 4 is 17.7 Å². The molecule has 2 aromatic rings. The number of aromatic nitrogens is 2. The van der Waals surface area contributed by atoms with Crippen molar-refractivity contribution in [1.82, 2.24) is 14.9 Å². The quantitative estimate of drug-likeness (QED) is 0.502. The molecule has 0 aliphatic heterocycles. The van der Waals surface area contributed by atoms with Gasteiger partial charge in [-0.25, -0.2) is 4.98 Å². The maximum absolute atomic E-state index is 11.8. The molecule has 1 aromatic heterocycles. The van der Waals surface area contributed by atoms with Gasteiger partial charge in [0.15, 0.2) is 0 Å². The summed E-state index contributed by atoms with van der Waals surface area (Å²) < 4.78 is 1.86. The molecule has 114 valence electrons. The summed E-state index contributed by atoms with van der Waals surface area (Å²) in [7, 11) is 0. The number of hydrogen-bond acceptors (Lipinski definition) is 4. The van der Waals surface area contributed by atoms with E-state index in [-0.39, 0.29) is 17.6 Å². The van der Waals surface area contributed by atoms with Gasteiger partial charge in [-0.1, -0.05) is 12.1 Å². The van der Waals surface area contributed by atoms with E-state index in [1.165, 1.54) is 18.2 Å². The fraction of sp³-hybridized carbons (Fsp3) is 0.200. The Morgan fingerprint density at radius 1 is 1.50 bits per heavy atom. The van der Waals surface area contributed by atoms with E-state index in [9.17, 15) is 14.9 Å². The van der Waals surface area contributed by atoms with Gasteiger partial charge in [0.05, 0.1) is 16.8 Å². The third-order valence-electron chi connectivity index (χ3n) is 2.98. The fourth-order valence-electron chi connectivity index (χ4n) is 2.01. The van der Waals surface area contributed by atoms with Crippen LogP contribution in [0.3, 0.4) is 0 Å². The van der Waals surface area contributed by atoms with Crippen LogP contribution in [0.15, 0.2) is 49.1 Å². The fourth-order valence-corrected chi connectivity index (χ4v) is 2.01. The number of nitrogens with one attached hydrogen (secondary N) is 1. The van der Waals surface area contributed by atoms with Gasteiger partial charge in [0.25, 0.3) is 5.69 Å². The molecule has 0 saturated carbocycles. The summed E-state index contributed by atoms with van der Waals surface area (Å²) in [6.07, 6.45) is 7.89. The lowest BCUT2D eigenvalue weighted by atomic mass is 10.1. The highest BCUT2D eigenvalue weighted by molar-refractivity contribution is 5.92. The number of carbonyl (C=O) groups excluding carboxylic acids is 1. The van der Waals surface area contributed by atoms with Gasteiger partial charge >= 0.3 is 0 Å². The number of rotatable bonds is 6.